The van der Waals surface area contributed by atoms with Crippen molar-refractivity contribution in [2.24, 2.45) is 0 Å². The molecule has 0 saturated heterocycles. The molecule has 0 fully saturated rings. The van der Waals surface area contributed by atoms with Gasteiger partial charge in [0.15, 0.2) is 16.6 Å². The molecular weight excluding hydrogens is 366 g/mol. The highest BCUT2D eigenvalue weighted by Gasteiger charge is 2.15. The van der Waals surface area contributed by atoms with Crippen molar-refractivity contribution in [3.63, 3.8) is 0 Å². The number of ether oxygens (including phenoxy) is 2. The van der Waals surface area contributed by atoms with Gasteiger partial charge in [-0.25, -0.2) is 4.98 Å². The van der Waals surface area contributed by atoms with Crippen LogP contribution in [0.1, 0.15) is 30.0 Å². The van der Waals surface area contributed by atoms with E-state index >= 15 is 0 Å². The zero-order valence-electron chi connectivity index (χ0n) is 16.0. The summed E-state index contributed by atoms with van der Waals surface area (Å²) in [5.74, 6) is -0.0297. The summed E-state index contributed by atoms with van der Waals surface area (Å²) in [5.41, 5.74) is 1.82. The second kappa shape index (κ2) is 9.91. The number of anilines is 1. The summed E-state index contributed by atoms with van der Waals surface area (Å²) in [6.45, 7) is 9.02. The molecule has 1 heterocycles. The van der Waals surface area contributed by atoms with E-state index in [4.69, 9.17) is 9.47 Å². The molecular formula is C19H25N3O4S. The van der Waals surface area contributed by atoms with Gasteiger partial charge < -0.3 is 14.8 Å². The lowest BCUT2D eigenvalue weighted by Crippen LogP contribution is -2.36. The molecule has 8 heteroatoms. The number of aryl methyl sites for hydroxylation is 2. The van der Waals surface area contributed by atoms with E-state index in [9.17, 15) is 9.59 Å². The molecule has 1 aromatic carbocycles. The molecule has 2 amide bonds. The van der Waals surface area contributed by atoms with Crippen molar-refractivity contribution in [3.8, 4) is 11.5 Å². The SMILES string of the molecule is CCOc1ccc(CCNC(=O)C(=O)Nc2nc(C)c(C)s2)cc1OCC. The minimum atomic E-state index is -0.717. The van der Waals surface area contributed by atoms with Crippen molar-refractivity contribution in [2.45, 2.75) is 34.1 Å². The van der Waals surface area contributed by atoms with Gasteiger partial charge in [-0.15, -0.1) is 11.3 Å². The van der Waals surface area contributed by atoms with Gasteiger partial charge in [0.1, 0.15) is 0 Å². The first kappa shape index (κ1) is 20.7. The Hall–Kier alpha value is -2.61. The van der Waals surface area contributed by atoms with Crippen LogP contribution in [0.25, 0.3) is 0 Å². The van der Waals surface area contributed by atoms with Crippen LogP contribution in [0.5, 0.6) is 11.5 Å². The summed E-state index contributed by atoms with van der Waals surface area (Å²) < 4.78 is 11.1. The number of hydrogen-bond donors (Lipinski definition) is 2. The highest BCUT2D eigenvalue weighted by atomic mass is 32.1. The maximum absolute atomic E-state index is 11.9. The Kier molecular flexibility index (Phi) is 7.60. The third-order valence-corrected chi connectivity index (χ3v) is 4.75. The molecule has 0 spiro atoms. The third kappa shape index (κ3) is 5.96. The van der Waals surface area contributed by atoms with E-state index in [0.29, 0.717) is 42.8 Å². The lowest BCUT2D eigenvalue weighted by molar-refractivity contribution is -0.136. The van der Waals surface area contributed by atoms with E-state index in [1.165, 1.54) is 11.3 Å². The highest BCUT2D eigenvalue weighted by molar-refractivity contribution is 7.15. The molecule has 0 saturated carbocycles. The predicted molar refractivity (Wildman–Crippen MR) is 106 cm³/mol. The van der Waals surface area contributed by atoms with Gasteiger partial charge in [0.2, 0.25) is 0 Å². The minimum absolute atomic E-state index is 0.335. The molecule has 146 valence electrons. The van der Waals surface area contributed by atoms with E-state index in [1.54, 1.807) is 0 Å². The summed E-state index contributed by atoms with van der Waals surface area (Å²) in [6.07, 6.45) is 0.570. The Morgan fingerprint density at radius 2 is 1.78 bits per heavy atom. The number of rotatable bonds is 8. The maximum atomic E-state index is 11.9. The second-order valence-corrected chi connectivity index (χ2v) is 6.97. The van der Waals surface area contributed by atoms with Crippen LogP contribution in [0.2, 0.25) is 0 Å². The molecule has 0 unspecified atom stereocenters. The fraction of sp³-hybridized carbons (Fsp3) is 0.421. The summed E-state index contributed by atoms with van der Waals surface area (Å²) in [5, 5.41) is 5.57. The summed E-state index contributed by atoms with van der Waals surface area (Å²) in [7, 11) is 0. The molecule has 2 rings (SSSR count). The van der Waals surface area contributed by atoms with E-state index in [-0.39, 0.29) is 0 Å². The zero-order valence-corrected chi connectivity index (χ0v) is 16.9. The lowest BCUT2D eigenvalue weighted by Gasteiger charge is -2.12. The van der Waals surface area contributed by atoms with E-state index in [1.807, 2.05) is 45.9 Å². The van der Waals surface area contributed by atoms with Crippen LogP contribution in [0.15, 0.2) is 18.2 Å². The molecule has 27 heavy (non-hydrogen) atoms. The molecule has 2 aromatic rings. The zero-order chi connectivity index (χ0) is 19.8. The Morgan fingerprint density at radius 3 is 2.41 bits per heavy atom. The van der Waals surface area contributed by atoms with Gasteiger partial charge in [-0.2, -0.15) is 0 Å². The predicted octanol–water partition coefficient (Wildman–Crippen LogP) is 2.85. The average molecular weight is 391 g/mol. The molecule has 0 aliphatic heterocycles. The molecule has 0 aliphatic carbocycles. The van der Waals surface area contributed by atoms with Crippen LogP contribution in [0, 0.1) is 13.8 Å². The molecule has 0 radical (unpaired) electrons. The minimum Gasteiger partial charge on any atom is -0.490 e. The molecule has 2 N–H and O–H groups in total. The standard InChI is InChI=1S/C19H25N3O4S/c1-5-25-15-8-7-14(11-16(15)26-6-2)9-10-20-17(23)18(24)22-19-21-12(3)13(4)27-19/h7-8,11H,5-6,9-10H2,1-4H3,(H,20,23)(H,21,22,24). The van der Waals surface area contributed by atoms with Crippen molar-refractivity contribution >= 4 is 28.3 Å². The second-order valence-electron chi connectivity index (χ2n) is 5.77. The highest BCUT2D eigenvalue weighted by Crippen LogP contribution is 2.28. The smallest absolute Gasteiger partial charge is 0.315 e. The Balaban J connectivity index is 1.86. The van der Waals surface area contributed by atoms with Crippen LogP contribution >= 0.6 is 11.3 Å². The van der Waals surface area contributed by atoms with Crippen molar-refractivity contribution in [2.75, 3.05) is 25.1 Å². The van der Waals surface area contributed by atoms with Gasteiger partial charge >= 0.3 is 11.8 Å². The number of benzene rings is 1. The van der Waals surface area contributed by atoms with E-state index in [2.05, 4.69) is 15.6 Å². The van der Waals surface area contributed by atoms with E-state index < -0.39 is 11.8 Å². The first-order valence-electron chi connectivity index (χ1n) is 8.86. The average Bonchev–Trinajstić information content (AvgIpc) is 2.94. The fourth-order valence-electron chi connectivity index (χ4n) is 2.33. The molecule has 0 bridgehead atoms. The topological polar surface area (TPSA) is 89.5 Å². The van der Waals surface area contributed by atoms with E-state index in [0.717, 1.165) is 16.1 Å². The first-order chi connectivity index (χ1) is 12.9. The monoisotopic (exact) mass is 391 g/mol. The van der Waals surface area contributed by atoms with Gasteiger partial charge in [0.25, 0.3) is 0 Å². The number of aromatic nitrogens is 1. The van der Waals surface area contributed by atoms with Crippen LogP contribution in [0.3, 0.4) is 0 Å². The van der Waals surface area contributed by atoms with Crippen LogP contribution in [-0.4, -0.2) is 36.6 Å². The fourth-order valence-corrected chi connectivity index (χ4v) is 3.14. The van der Waals surface area contributed by atoms with Gasteiger partial charge in [0.05, 0.1) is 18.9 Å². The Morgan fingerprint density at radius 1 is 1.07 bits per heavy atom. The largest absolute Gasteiger partial charge is 0.490 e. The number of hydrogen-bond acceptors (Lipinski definition) is 6. The van der Waals surface area contributed by atoms with Gasteiger partial charge in [-0.3, -0.25) is 14.9 Å². The summed E-state index contributed by atoms with van der Waals surface area (Å²) in [6, 6.07) is 5.66. The lowest BCUT2D eigenvalue weighted by atomic mass is 10.1. The number of amides is 2. The van der Waals surface area contributed by atoms with Gasteiger partial charge in [0, 0.05) is 11.4 Å². The Labute approximate surface area is 163 Å². The summed E-state index contributed by atoms with van der Waals surface area (Å²) >= 11 is 1.34. The van der Waals surface area contributed by atoms with Crippen molar-refractivity contribution < 1.29 is 19.1 Å². The van der Waals surface area contributed by atoms with Gasteiger partial charge in [-0.05, 0) is 51.8 Å². The first-order valence-corrected chi connectivity index (χ1v) is 9.68. The van der Waals surface area contributed by atoms with Crippen LogP contribution in [-0.2, 0) is 16.0 Å². The molecule has 0 aliphatic rings. The van der Waals surface area contributed by atoms with Crippen molar-refractivity contribution in [1.82, 2.24) is 10.3 Å². The normalized spacial score (nSPS) is 10.4. The van der Waals surface area contributed by atoms with Crippen LogP contribution < -0.4 is 20.1 Å². The summed E-state index contributed by atoms with van der Waals surface area (Å²) in [4.78, 5) is 29.1. The van der Waals surface area contributed by atoms with Crippen molar-refractivity contribution in [3.05, 3.63) is 34.3 Å². The van der Waals surface area contributed by atoms with Crippen LogP contribution in [0.4, 0.5) is 5.13 Å². The number of nitrogens with zero attached hydrogens (tertiary/aromatic N) is 1. The van der Waals surface area contributed by atoms with Crippen molar-refractivity contribution in [1.29, 1.82) is 0 Å². The Bertz CT molecular complexity index is 785. The quantitative estimate of drug-likeness (QED) is 0.676. The third-order valence-electron chi connectivity index (χ3n) is 3.76. The molecule has 0 atom stereocenters. The maximum Gasteiger partial charge on any atom is 0.315 e. The van der Waals surface area contributed by atoms with Gasteiger partial charge in [-0.1, -0.05) is 6.07 Å². The number of carbonyl (C=O) groups excluding carboxylic acids is 2. The molecule has 1 aromatic heterocycles. The number of nitrogens with one attached hydrogen (secondary N) is 2. The molecule has 7 nitrogen and oxygen atoms in total. The number of carbonyl (C=O) groups is 2. The number of thiazole rings is 1.